The molecule has 0 N–H and O–H groups in total. The first kappa shape index (κ1) is 8.76. The number of Topliss-reactive ketones (excluding diaryl/α,β-unsaturated/α-hetero) is 1. The number of carbonyl (C=O) groups is 1. The Bertz CT molecular complexity index is 284. The van der Waals surface area contributed by atoms with Gasteiger partial charge in [-0.3, -0.25) is 4.79 Å². The van der Waals surface area contributed by atoms with E-state index in [9.17, 15) is 13.6 Å². The largest absolute Gasteiger partial charge is 0.303 e. The van der Waals surface area contributed by atoms with E-state index in [0.29, 0.717) is 6.54 Å². The SMILES string of the molecule is CCn1ncnc1C(=O)C(F)F. The Hall–Kier alpha value is -1.33. The second-order valence-corrected chi connectivity index (χ2v) is 2.06. The van der Waals surface area contributed by atoms with Crippen molar-refractivity contribution < 1.29 is 13.6 Å². The van der Waals surface area contributed by atoms with E-state index in [1.165, 1.54) is 0 Å². The maximum atomic E-state index is 11.9. The minimum Gasteiger partial charge on any atom is -0.284 e. The molecule has 66 valence electrons. The van der Waals surface area contributed by atoms with Crippen LogP contribution in [0.2, 0.25) is 0 Å². The molecule has 6 heteroatoms. The maximum absolute atomic E-state index is 11.9. The van der Waals surface area contributed by atoms with Crippen LogP contribution in [0.3, 0.4) is 0 Å². The average molecular weight is 175 g/mol. The highest BCUT2D eigenvalue weighted by atomic mass is 19.3. The molecule has 1 heterocycles. The molecule has 0 atom stereocenters. The number of rotatable bonds is 3. The number of halogens is 2. The number of aryl methyl sites for hydroxylation is 1. The van der Waals surface area contributed by atoms with Gasteiger partial charge in [0.2, 0.25) is 5.82 Å². The Balaban J connectivity index is 2.94. The first-order chi connectivity index (χ1) is 5.66. The molecule has 0 aliphatic carbocycles. The van der Waals surface area contributed by atoms with Crippen LogP contribution in [0.1, 0.15) is 17.5 Å². The third-order valence-electron chi connectivity index (χ3n) is 1.33. The minimum atomic E-state index is -3.01. The first-order valence-electron chi connectivity index (χ1n) is 3.37. The lowest BCUT2D eigenvalue weighted by molar-refractivity contribution is 0.0661. The Morgan fingerprint density at radius 1 is 1.75 bits per heavy atom. The van der Waals surface area contributed by atoms with E-state index in [-0.39, 0.29) is 5.82 Å². The lowest BCUT2D eigenvalue weighted by Crippen LogP contribution is -2.17. The van der Waals surface area contributed by atoms with Crippen LogP contribution in [0, 0.1) is 0 Å². The lowest BCUT2D eigenvalue weighted by atomic mass is 10.4. The summed E-state index contributed by atoms with van der Waals surface area (Å²) in [6.07, 6.45) is -1.93. The average Bonchev–Trinajstić information content (AvgIpc) is 2.49. The standard InChI is InChI=1S/C6H7F2N3O/c1-2-11-6(9-3-10-11)4(12)5(7)8/h3,5H,2H2,1H3. The van der Waals surface area contributed by atoms with Gasteiger partial charge in [-0.1, -0.05) is 0 Å². The van der Waals surface area contributed by atoms with Crippen LogP contribution in [0.25, 0.3) is 0 Å². The predicted octanol–water partition coefficient (Wildman–Crippen LogP) is 0.746. The topological polar surface area (TPSA) is 47.8 Å². The number of nitrogens with zero attached hydrogens (tertiary/aromatic N) is 3. The van der Waals surface area contributed by atoms with Gasteiger partial charge in [-0.15, -0.1) is 0 Å². The zero-order chi connectivity index (χ0) is 9.14. The van der Waals surface area contributed by atoms with Gasteiger partial charge in [0, 0.05) is 6.54 Å². The maximum Gasteiger partial charge on any atom is 0.303 e. The molecule has 0 aliphatic heterocycles. The molecular weight excluding hydrogens is 168 g/mol. The van der Waals surface area contributed by atoms with Crippen molar-refractivity contribution >= 4 is 5.78 Å². The van der Waals surface area contributed by atoms with Crippen molar-refractivity contribution in [2.24, 2.45) is 0 Å². The molecule has 4 nitrogen and oxygen atoms in total. The summed E-state index contributed by atoms with van der Waals surface area (Å²) in [7, 11) is 0. The highest BCUT2D eigenvalue weighted by Crippen LogP contribution is 2.03. The van der Waals surface area contributed by atoms with E-state index < -0.39 is 12.2 Å². The van der Waals surface area contributed by atoms with Gasteiger partial charge in [0.15, 0.2) is 0 Å². The molecule has 0 amide bonds. The monoisotopic (exact) mass is 175 g/mol. The lowest BCUT2D eigenvalue weighted by Gasteiger charge is -1.99. The molecule has 0 unspecified atom stereocenters. The summed E-state index contributed by atoms with van der Waals surface area (Å²) in [5.74, 6) is -1.57. The van der Waals surface area contributed by atoms with Gasteiger partial charge in [-0.05, 0) is 6.92 Å². The van der Waals surface area contributed by atoms with Gasteiger partial charge in [0.25, 0.3) is 5.78 Å². The van der Waals surface area contributed by atoms with Crippen molar-refractivity contribution in [2.75, 3.05) is 0 Å². The Kier molecular flexibility index (Phi) is 2.47. The molecule has 1 aromatic rings. The van der Waals surface area contributed by atoms with Crippen molar-refractivity contribution in [1.29, 1.82) is 0 Å². The molecule has 0 bridgehead atoms. The molecule has 0 radical (unpaired) electrons. The zero-order valence-electron chi connectivity index (χ0n) is 6.37. The van der Waals surface area contributed by atoms with Crippen molar-refractivity contribution in [3.8, 4) is 0 Å². The Morgan fingerprint density at radius 3 is 2.92 bits per heavy atom. The number of ketones is 1. The Labute approximate surface area is 67.2 Å². The van der Waals surface area contributed by atoms with Crippen molar-refractivity contribution in [3.63, 3.8) is 0 Å². The van der Waals surface area contributed by atoms with E-state index >= 15 is 0 Å². The van der Waals surface area contributed by atoms with E-state index in [2.05, 4.69) is 10.1 Å². The van der Waals surface area contributed by atoms with Crippen molar-refractivity contribution in [3.05, 3.63) is 12.2 Å². The second-order valence-electron chi connectivity index (χ2n) is 2.06. The van der Waals surface area contributed by atoms with Crippen molar-refractivity contribution in [2.45, 2.75) is 19.9 Å². The van der Waals surface area contributed by atoms with Crippen LogP contribution >= 0.6 is 0 Å². The van der Waals surface area contributed by atoms with E-state index in [1.807, 2.05) is 0 Å². The van der Waals surface area contributed by atoms with Gasteiger partial charge in [0.1, 0.15) is 6.33 Å². The molecule has 0 saturated heterocycles. The van der Waals surface area contributed by atoms with Crippen LogP contribution in [0.5, 0.6) is 0 Å². The molecule has 0 fully saturated rings. The van der Waals surface area contributed by atoms with Gasteiger partial charge >= 0.3 is 6.43 Å². The fraction of sp³-hybridized carbons (Fsp3) is 0.500. The van der Waals surface area contributed by atoms with Gasteiger partial charge < -0.3 is 0 Å². The molecule has 0 saturated carbocycles. The fourth-order valence-electron chi connectivity index (χ4n) is 0.784. The summed E-state index contributed by atoms with van der Waals surface area (Å²) in [6.45, 7) is 2.05. The normalized spacial score (nSPS) is 10.7. The van der Waals surface area contributed by atoms with E-state index in [1.54, 1.807) is 6.92 Å². The molecule has 12 heavy (non-hydrogen) atoms. The molecule has 1 rings (SSSR count). The van der Waals surface area contributed by atoms with E-state index in [4.69, 9.17) is 0 Å². The highest BCUT2D eigenvalue weighted by molar-refractivity contribution is 5.95. The number of hydrogen-bond acceptors (Lipinski definition) is 3. The van der Waals surface area contributed by atoms with Crippen LogP contribution in [0.4, 0.5) is 8.78 Å². The highest BCUT2D eigenvalue weighted by Gasteiger charge is 2.22. The minimum absolute atomic E-state index is 0.285. The summed E-state index contributed by atoms with van der Waals surface area (Å²) >= 11 is 0. The quantitative estimate of drug-likeness (QED) is 0.637. The van der Waals surface area contributed by atoms with E-state index in [0.717, 1.165) is 11.0 Å². The molecule has 0 spiro atoms. The molecule has 0 aliphatic rings. The summed E-state index contributed by atoms with van der Waals surface area (Å²) in [5.41, 5.74) is 0. The first-order valence-corrected chi connectivity index (χ1v) is 3.37. The number of alkyl halides is 2. The third kappa shape index (κ3) is 1.46. The Morgan fingerprint density at radius 2 is 2.42 bits per heavy atom. The van der Waals surface area contributed by atoms with Crippen LogP contribution in [-0.2, 0) is 6.54 Å². The fourth-order valence-corrected chi connectivity index (χ4v) is 0.784. The second kappa shape index (κ2) is 3.38. The number of hydrogen-bond donors (Lipinski definition) is 0. The number of aromatic nitrogens is 3. The zero-order valence-corrected chi connectivity index (χ0v) is 6.37. The summed E-state index contributed by atoms with van der Waals surface area (Å²) < 4.78 is 24.9. The summed E-state index contributed by atoms with van der Waals surface area (Å²) in [5, 5.41) is 3.59. The van der Waals surface area contributed by atoms with Crippen molar-refractivity contribution in [1.82, 2.24) is 14.8 Å². The predicted molar refractivity (Wildman–Crippen MR) is 36.0 cm³/mol. The summed E-state index contributed by atoms with van der Waals surface area (Å²) in [6, 6.07) is 0. The number of carbonyl (C=O) groups excluding carboxylic acids is 1. The van der Waals surface area contributed by atoms with Gasteiger partial charge in [-0.2, -0.15) is 5.10 Å². The van der Waals surface area contributed by atoms with Crippen LogP contribution < -0.4 is 0 Å². The molecule has 1 aromatic heterocycles. The van der Waals surface area contributed by atoms with Crippen LogP contribution in [-0.4, -0.2) is 27.0 Å². The molecule has 0 aromatic carbocycles. The molecular formula is C6H7F2N3O. The smallest absolute Gasteiger partial charge is 0.284 e. The third-order valence-corrected chi connectivity index (χ3v) is 1.33. The van der Waals surface area contributed by atoms with Gasteiger partial charge in [0.05, 0.1) is 0 Å². The van der Waals surface area contributed by atoms with Gasteiger partial charge in [-0.25, -0.2) is 18.4 Å². The van der Waals surface area contributed by atoms with Crippen LogP contribution in [0.15, 0.2) is 6.33 Å². The summed E-state index contributed by atoms with van der Waals surface area (Å²) in [4.78, 5) is 14.1.